The predicted molar refractivity (Wildman–Crippen MR) is 97.2 cm³/mol. The molecule has 0 bridgehead atoms. The van der Waals surface area contributed by atoms with Crippen molar-refractivity contribution >= 4 is 35.2 Å². The van der Waals surface area contributed by atoms with Gasteiger partial charge in [0.2, 0.25) is 5.91 Å². The van der Waals surface area contributed by atoms with Crippen LogP contribution < -0.4 is 0 Å². The SMILES string of the molecule is O=C(/C=C/c1ccc(C(F)(F)F)nc1)N1CCc2c(Cl)c(O)c(O)c(Cl)c2C1. The van der Waals surface area contributed by atoms with E-state index in [2.05, 4.69) is 4.98 Å². The molecular formula is C18H13Cl2F3N2O3. The summed E-state index contributed by atoms with van der Waals surface area (Å²) in [5.41, 5.74) is 0.314. The van der Waals surface area contributed by atoms with Gasteiger partial charge < -0.3 is 15.1 Å². The highest BCUT2D eigenvalue weighted by atomic mass is 35.5. The Kier molecular flexibility index (Phi) is 5.45. The third kappa shape index (κ3) is 3.88. The Morgan fingerprint density at radius 1 is 1.14 bits per heavy atom. The molecular weight excluding hydrogens is 420 g/mol. The zero-order chi connectivity index (χ0) is 20.6. The molecule has 3 rings (SSSR count). The van der Waals surface area contributed by atoms with Gasteiger partial charge in [0.05, 0.1) is 10.0 Å². The van der Waals surface area contributed by atoms with E-state index in [1.165, 1.54) is 23.1 Å². The van der Waals surface area contributed by atoms with Crippen molar-refractivity contribution in [2.75, 3.05) is 6.54 Å². The standard InChI is InChI=1S/C18H13Cl2F3N2O3/c19-14-10-5-6-25(8-11(10)15(20)17(28)16(14)27)13(26)4-2-9-1-3-12(24-7-9)18(21,22)23/h1-4,7,27-28H,5-6,8H2/b4-2+. The number of aromatic hydroxyl groups is 2. The first kappa shape index (κ1) is 20.3. The number of hydrogen-bond donors (Lipinski definition) is 2. The Bertz CT molecular complexity index is 960. The summed E-state index contributed by atoms with van der Waals surface area (Å²) in [5.74, 6) is -1.45. The number of fused-ring (bicyclic) bond motifs is 1. The summed E-state index contributed by atoms with van der Waals surface area (Å²) >= 11 is 12.1. The zero-order valence-electron chi connectivity index (χ0n) is 14.1. The lowest BCUT2D eigenvalue weighted by Crippen LogP contribution is -2.35. The van der Waals surface area contributed by atoms with Crippen molar-refractivity contribution in [3.63, 3.8) is 0 Å². The van der Waals surface area contributed by atoms with Crippen LogP contribution in [0.4, 0.5) is 13.2 Å². The van der Waals surface area contributed by atoms with Crippen molar-refractivity contribution < 1.29 is 28.2 Å². The number of alkyl halides is 3. The van der Waals surface area contributed by atoms with Crippen LogP contribution in [0.3, 0.4) is 0 Å². The topological polar surface area (TPSA) is 73.7 Å². The normalized spacial score (nSPS) is 14.4. The van der Waals surface area contributed by atoms with Gasteiger partial charge in [0.15, 0.2) is 11.5 Å². The van der Waals surface area contributed by atoms with Gasteiger partial charge in [-0.3, -0.25) is 9.78 Å². The quantitative estimate of drug-likeness (QED) is 0.544. The van der Waals surface area contributed by atoms with Crippen molar-refractivity contribution in [1.82, 2.24) is 9.88 Å². The van der Waals surface area contributed by atoms with Gasteiger partial charge in [-0.1, -0.05) is 29.3 Å². The monoisotopic (exact) mass is 432 g/mol. The average molecular weight is 433 g/mol. The van der Waals surface area contributed by atoms with Crippen LogP contribution >= 0.6 is 23.2 Å². The van der Waals surface area contributed by atoms with Crippen molar-refractivity contribution in [2.45, 2.75) is 19.1 Å². The number of hydrogen-bond acceptors (Lipinski definition) is 4. The van der Waals surface area contributed by atoms with Crippen molar-refractivity contribution in [2.24, 2.45) is 0 Å². The molecule has 1 aromatic carbocycles. The van der Waals surface area contributed by atoms with E-state index in [4.69, 9.17) is 23.2 Å². The number of benzene rings is 1. The van der Waals surface area contributed by atoms with E-state index in [0.29, 0.717) is 29.7 Å². The van der Waals surface area contributed by atoms with E-state index in [1.54, 1.807) is 0 Å². The van der Waals surface area contributed by atoms with Crippen LogP contribution in [-0.4, -0.2) is 32.5 Å². The fraction of sp³-hybridized carbons (Fsp3) is 0.222. The second-order valence-corrected chi connectivity index (χ2v) is 6.86. The first-order valence-corrected chi connectivity index (χ1v) is 8.76. The number of rotatable bonds is 2. The molecule has 0 saturated heterocycles. The van der Waals surface area contributed by atoms with Crippen LogP contribution in [0.25, 0.3) is 6.08 Å². The summed E-state index contributed by atoms with van der Waals surface area (Å²) in [6, 6.07) is 2.04. The van der Waals surface area contributed by atoms with Crippen LogP contribution in [-0.2, 0) is 23.9 Å². The van der Waals surface area contributed by atoms with Crippen LogP contribution in [0.1, 0.15) is 22.4 Å². The molecule has 2 N–H and O–H groups in total. The van der Waals surface area contributed by atoms with Crippen molar-refractivity contribution in [3.8, 4) is 11.5 Å². The van der Waals surface area contributed by atoms with Gasteiger partial charge in [-0.25, -0.2) is 0 Å². The Labute approximate surface area is 167 Å². The highest BCUT2D eigenvalue weighted by Gasteiger charge is 2.32. The first-order valence-electron chi connectivity index (χ1n) is 8.00. The third-order valence-corrected chi connectivity index (χ3v) is 5.14. The minimum Gasteiger partial charge on any atom is -0.503 e. The number of carbonyl (C=O) groups excluding carboxylic acids is 1. The molecule has 0 radical (unpaired) electrons. The second-order valence-electron chi connectivity index (χ2n) is 6.10. The third-order valence-electron chi connectivity index (χ3n) is 4.32. The van der Waals surface area contributed by atoms with Gasteiger partial charge >= 0.3 is 6.18 Å². The van der Waals surface area contributed by atoms with Crippen LogP contribution in [0.15, 0.2) is 24.4 Å². The molecule has 0 aliphatic carbocycles. The van der Waals surface area contributed by atoms with E-state index < -0.39 is 29.3 Å². The molecule has 1 aliphatic rings. The minimum atomic E-state index is -4.53. The molecule has 2 aromatic rings. The maximum absolute atomic E-state index is 12.5. The Hall–Kier alpha value is -2.45. The van der Waals surface area contributed by atoms with Gasteiger partial charge in [-0.05, 0) is 35.3 Å². The lowest BCUT2D eigenvalue weighted by Gasteiger charge is -2.30. The molecule has 28 heavy (non-hydrogen) atoms. The van der Waals surface area contributed by atoms with Gasteiger partial charge in [0, 0.05) is 25.4 Å². The molecule has 10 heteroatoms. The highest BCUT2D eigenvalue weighted by Crippen LogP contribution is 2.46. The number of halogens is 5. The molecule has 1 amide bonds. The number of phenolic OH excluding ortho intramolecular Hbond substituents is 2. The average Bonchev–Trinajstić information content (AvgIpc) is 2.68. The molecule has 148 valence electrons. The van der Waals surface area contributed by atoms with Crippen molar-refractivity contribution in [3.05, 3.63) is 56.8 Å². The molecule has 0 atom stereocenters. The maximum atomic E-state index is 12.5. The van der Waals surface area contributed by atoms with Gasteiger partial charge in [0.1, 0.15) is 5.69 Å². The van der Waals surface area contributed by atoms with E-state index in [-0.39, 0.29) is 16.6 Å². The van der Waals surface area contributed by atoms with Gasteiger partial charge in [-0.2, -0.15) is 13.2 Å². The lowest BCUT2D eigenvalue weighted by atomic mass is 9.98. The minimum absolute atomic E-state index is 0.00429. The summed E-state index contributed by atoms with van der Waals surface area (Å²) in [4.78, 5) is 17.2. The second kappa shape index (κ2) is 7.52. The number of amides is 1. The number of nitrogens with zero attached hydrogens (tertiary/aromatic N) is 2. The summed E-state index contributed by atoms with van der Waals surface area (Å²) < 4.78 is 37.6. The van der Waals surface area contributed by atoms with Crippen LogP contribution in [0.2, 0.25) is 10.0 Å². The molecule has 0 saturated carbocycles. The Morgan fingerprint density at radius 3 is 2.36 bits per heavy atom. The van der Waals surface area contributed by atoms with Gasteiger partial charge in [-0.15, -0.1) is 0 Å². The number of carbonyl (C=O) groups is 1. The van der Waals surface area contributed by atoms with E-state index in [0.717, 1.165) is 12.3 Å². The van der Waals surface area contributed by atoms with Crippen LogP contribution in [0.5, 0.6) is 11.5 Å². The zero-order valence-corrected chi connectivity index (χ0v) is 15.6. The number of pyridine rings is 1. The van der Waals surface area contributed by atoms with E-state index in [9.17, 15) is 28.2 Å². The smallest absolute Gasteiger partial charge is 0.433 e. The molecule has 0 unspecified atom stereocenters. The Balaban J connectivity index is 1.76. The molecule has 1 aliphatic heterocycles. The molecule has 2 heterocycles. The highest BCUT2D eigenvalue weighted by molar-refractivity contribution is 6.36. The number of aromatic nitrogens is 1. The predicted octanol–water partition coefficient (Wildman–Crippen LogP) is 4.42. The summed E-state index contributed by atoms with van der Waals surface area (Å²) in [5, 5.41) is 19.5. The molecule has 0 spiro atoms. The molecule has 1 aromatic heterocycles. The van der Waals surface area contributed by atoms with Gasteiger partial charge in [0.25, 0.3) is 0 Å². The summed E-state index contributed by atoms with van der Waals surface area (Å²) in [6.07, 6.45) is -0.614. The van der Waals surface area contributed by atoms with E-state index in [1.807, 2.05) is 0 Å². The molecule has 0 fully saturated rings. The first-order chi connectivity index (χ1) is 13.1. The molecule has 5 nitrogen and oxygen atoms in total. The van der Waals surface area contributed by atoms with Crippen LogP contribution in [0, 0.1) is 0 Å². The summed E-state index contributed by atoms with van der Waals surface area (Å²) in [7, 11) is 0. The van der Waals surface area contributed by atoms with E-state index >= 15 is 0 Å². The summed E-state index contributed by atoms with van der Waals surface area (Å²) in [6.45, 7) is 0.359. The number of phenols is 2. The maximum Gasteiger partial charge on any atom is 0.433 e. The lowest BCUT2D eigenvalue weighted by molar-refractivity contribution is -0.141. The largest absolute Gasteiger partial charge is 0.503 e. The Morgan fingerprint density at radius 2 is 1.79 bits per heavy atom. The fourth-order valence-electron chi connectivity index (χ4n) is 2.83. The fourth-order valence-corrected chi connectivity index (χ4v) is 3.39. The van der Waals surface area contributed by atoms with Crippen molar-refractivity contribution in [1.29, 1.82) is 0 Å².